The van der Waals surface area contributed by atoms with E-state index < -0.39 is 6.10 Å². The fourth-order valence-corrected chi connectivity index (χ4v) is 9.39. The van der Waals surface area contributed by atoms with Gasteiger partial charge in [-0.25, -0.2) is 0 Å². The van der Waals surface area contributed by atoms with E-state index in [0.717, 1.165) is 116 Å². The molecule has 0 fully saturated rings. The van der Waals surface area contributed by atoms with Crippen molar-refractivity contribution in [1.29, 1.82) is 0 Å². The summed E-state index contributed by atoms with van der Waals surface area (Å²) in [6, 6.07) is 0. The van der Waals surface area contributed by atoms with Crippen LogP contribution in [0.3, 0.4) is 0 Å². The van der Waals surface area contributed by atoms with E-state index >= 15 is 0 Å². The third-order valence-electron chi connectivity index (χ3n) is 14.3. The SMILES string of the molecule is CC/C=C\C/C=C\C/C=C\C/C=C\CCCCCCCCCCCCCCCCCCC(=O)OCC(COC(=O)CCCCCCC/C=C\CCCCCCC)OC(=O)CCCCCCCCC/C=C\C/C=C\C/C=C\CC. The number of carbonyl (C=O) groups is 3. The van der Waals surface area contributed by atoms with Gasteiger partial charge in [-0.3, -0.25) is 14.4 Å². The maximum Gasteiger partial charge on any atom is 0.306 e. The van der Waals surface area contributed by atoms with E-state index in [4.69, 9.17) is 14.2 Å². The molecule has 0 heterocycles. The number of allylic oxidation sites excluding steroid dienone is 16. The lowest BCUT2D eigenvalue weighted by Gasteiger charge is -2.18. The maximum absolute atomic E-state index is 12.9. The van der Waals surface area contributed by atoms with Crippen molar-refractivity contribution in [2.75, 3.05) is 13.2 Å². The zero-order valence-electron chi connectivity index (χ0n) is 51.4. The first-order chi connectivity index (χ1) is 38.5. The molecule has 6 heteroatoms. The normalized spacial score (nSPS) is 12.7. The predicted molar refractivity (Wildman–Crippen MR) is 339 cm³/mol. The van der Waals surface area contributed by atoms with Crippen LogP contribution in [0.15, 0.2) is 97.2 Å². The Morgan fingerprint density at radius 2 is 0.500 bits per heavy atom. The number of hydrogen-bond acceptors (Lipinski definition) is 6. The van der Waals surface area contributed by atoms with Gasteiger partial charge in [-0.1, -0.05) is 285 Å². The van der Waals surface area contributed by atoms with E-state index in [1.165, 1.54) is 167 Å². The highest BCUT2D eigenvalue weighted by Gasteiger charge is 2.19. The van der Waals surface area contributed by atoms with Crippen LogP contribution in [0.1, 0.15) is 323 Å². The van der Waals surface area contributed by atoms with Gasteiger partial charge in [-0.15, -0.1) is 0 Å². The van der Waals surface area contributed by atoms with Crippen molar-refractivity contribution in [2.45, 2.75) is 329 Å². The maximum atomic E-state index is 12.9. The Kier molecular flexibility index (Phi) is 62.7. The van der Waals surface area contributed by atoms with Gasteiger partial charge in [0.05, 0.1) is 0 Å². The first-order valence-corrected chi connectivity index (χ1v) is 33.2. The Balaban J connectivity index is 4.25. The Bertz CT molecular complexity index is 1530. The van der Waals surface area contributed by atoms with Crippen LogP contribution < -0.4 is 0 Å². The number of ether oxygens (including phenoxy) is 3. The van der Waals surface area contributed by atoms with Crippen LogP contribution in [-0.4, -0.2) is 37.2 Å². The Morgan fingerprint density at radius 1 is 0.269 bits per heavy atom. The molecular formula is C72H124O6. The molecule has 0 rings (SSSR count). The second kappa shape index (κ2) is 65.8. The Hall–Kier alpha value is -3.67. The van der Waals surface area contributed by atoms with Crippen LogP contribution in [0.2, 0.25) is 0 Å². The standard InChI is InChI=1S/C72H124O6/c1-4-7-10-13-16-19-22-25-28-30-31-32-33-34-35-36-37-38-39-40-41-43-44-47-50-53-56-59-62-65-71(74)77-68-69(67-76-70(73)64-61-58-55-52-49-46-27-24-21-18-15-12-9-6-3)78-72(75)66-63-60-57-54-51-48-45-42-29-26-23-20-17-14-11-8-5-2/h7-8,10-11,16-17,19-20,24-29,31-32,69H,4-6,9,12-15,18,21-23,30,33-68H2,1-3H3/b10-7-,11-8-,19-16-,20-17-,27-24-,28-25-,29-26-,32-31-. The molecule has 0 aliphatic rings. The molecule has 0 aromatic heterocycles. The van der Waals surface area contributed by atoms with Gasteiger partial charge in [0.1, 0.15) is 13.2 Å². The fourth-order valence-electron chi connectivity index (χ4n) is 9.39. The predicted octanol–water partition coefficient (Wildman–Crippen LogP) is 22.8. The van der Waals surface area contributed by atoms with Gasteiger partial charge in [0, 0.05) is 19.3 Å². The molecule has 6 nitrogen and oxygen atoms in total. The molecule has 0 aliphatic carbocycles. The summed E-state index contributed by atoms with van der Waals surface area (Å²) < 4.78 is 16.9. The van der Waals surface area contributed by atoms with Crippen molar-refractivity contribution in [3.63, 3.8) is 0 Å². The average molecular weight is 1090 g/mol. The lowest BCUT2D eigenvalue weighted by molar-refractivity contribution is -0.167. The van der Waals surface area contributed by atoms with Crippen molar-refractivity contribution in [2.24, 2.45) is 0 Å². The molecule has 1 atom stereocenters. The zero-order chi connectivity index (χ0) is 56.4. The highest BCUT2D eigenvalue weighted by Crippen LogP contribution is 2.17. The summed E-state index contributed by atoms with van der Waals surface area (Å²) in [6.45, 7) is 6.42. The molecule has 0 saturated heterocycles. The molecule has 0 aromatic carbocycles. The summed E-state index contributed by atoms with van der Waals surface area (Å²) in [4.78, 5) is 38.3. The van der Waals surface area contributed by atoms with Crippen LogP contribution in [-0.2, 0) is 28.6 Å². The van der Waals surface area contributed by atoms with E-state index in [9.17, 15) is 14.4 Å². The minimum atomic E-state index is -0.786. The van der Waals surface area contributed by atoms with Crippen molar-refractivity contribution in [1.82, 2.24) is 0 Å². The first-order valence-electron chi connectivity index (χ1n) is 33.2. The van der Waals surface area contributed by atoms with Crippen molar-refractivity contribution in [3.8, 4) is 0 Å². The summed E-state index contributed by atoms with van der Waals surface area (Å²) >= 11 is 0. The average Bonchev–Trinajstić information content (AvgIpc) is 3.44. The van der Waals surface area contributed by atoms with Crippen LogP contribution >= 0.6 is 0 Å². The third kappa shape index (κ3) is 63.2. The minimum absolute atomic E-state index is 0.0819. The fraction of sp³-hybridized carbons (Fsp3) is 0.736. The summed E-state index contributed by atoms with van der Waals surface area (Å²) in [5.41, 5.74) is 0. The van der Waals surface area contributed by atoms with Gasteiger partial charge in [0.25, 0.3) is 0 Å². The molecule has 0 amide bonds. The molecule has 0 aliphatic heterocycles. The van der Waals surface area contributed by atoms with E-state index in [1.54, 1.807) is 0 Å². The van der Waals surface area contributed by atoms with Gasteiger partial charge in [0.15, 0.2) is 6.10 Å². The zero-order valence-corrected chi connectivity index (χ0v) is 51.4. The number of unbranched alkanes of at least 4 members (excludes halogenated alkanes) is 33. The van der Waals surface area contributed by atoms with Crippen molar-refractivity contribution in [3.05, 3.63) is 97.2 Å². The quantitative estimate of drug-likeness (QED) is 0.0261. The molecule has 0 N–H and O–H groups in total. The summed E-state index contributed by atoms with van der Waals surface area (Å²) in [5, 5.41) is 0. The number of carbonyl (C=O) groups excluding carboxylic acids is 3. The van der Waals surface area contributed by atoms with E-state index in [2.05, 4.69) is 118 Å². The monoisotopic (exact) mass is 1080 g/mol. The molecule has 0 aromatic rings. The van der Waals surface area contributed by atoms with Crippen LogP contribution in [0.25, 0.3) is 0 Å². The van der Waals surface area contributed by atoms with Gasteiger partial charge < -0.3 is 14.2 Å². The van der Waals surface area contributed by atoms with Crippen LogP contribution in [0.4, 0.5) is 0 Å². The number of esters is 3. The molecule has 1 unspecified atom stereocenters. The molecule has 0 radical (unpaired) electrons. The Morgan fingerprint density at radius 3 is 0.795 bits per heavy atom. The van der Waals surface area contributed by atoms with Crippen LogP contribution in [0.5, 0.6) is 0 Å². The topological polar surface area (TPSA) is 78.9 Å². The third-order valence-corrected chi connectivity index (χ3v) is 14.3. The van der Waals surface area contributed by atoms with E-state index in [-0.39, 0.29) is 31.1 Å². The van der Waals surface area contributed by atoms with Gasteiger partial charge >= 0.3 is 17.9 Å². The van der Waals surface area contributed by atoms with Gasteiger partial charge in [-0.05, 0) is 116 Å². The highest BCUT2D eigenvalue weighted by molar-refractivity contribution is 5.71. The molecule has 448 valence electrons. The summed E-state index contributed by atoms with van der Waals surface area (Å²) in [6.07, 6.45) is 88.5. The van der Waals surface area contributed by atoms with Crippen molar-refractivity contribution >= 4 is 17.9 Å². The molecular weight excluding hydrogens is 961 g/mol. The van der Waals surface area contributed by atoms with Gasteiger partial charge in [0.2, 0.25) is 0 Å². The summed E-state index contributed by atoms with van der Waals surface area (Å²) in [7, 11) is 0. The lowest BCUT2D eigenvalue weighted by atomic mass is 10.0. The smallest absolute Gasteiger partial charge is 0.306 e. The second-order valence-corrected chi connectivity index (χ2v) is 22.0. The summed E-state index contributed by atoms with van der Waals surface area (Å²) in [5.74, 6) is -0.888. The highest BCUT2D eigenvalue weighted by atomic mass is 16.6. The van der Waals surface area contributed by atoms with Crippen LogP contribution in [0, 0.1) is 0 Å². The number of hydrogen-bond donors (Lipinski definition) is 0. The Labute approximate surface area is 483 Å². The van der Waals surface area contributed by atoms with Crippen molar-refractivity contribution < 1.29 is 28.6 Å². The van der Waals surface area contributed by atoms with E-state index in [1.807, 2.05) is 0 Å². The molecule has 0 spiro atoms. The number of rotatable bonds is 60. The second-order valence-electron chi connectivity index (χ2n) is 22.0. The largest absolute Gasteiger partial charge is 0.462 e. The molecule has 0 bridgehead atoms. The lowest BCUT2D eigenvalue weighted by Crippen LogP contribution is -2.30. The first kappa shape index (κ1) is 74.3. The molecule has 78 heavy (non-hydrogen) atoms. The minimum Gasteiger partial charge on any atom is -0.462 e. The molecule has 0 saturated carbocycles. The van der Waals surface area contributed by atoms with E-state index in [0.29, 0.717) is 19.3 Å². The van der Waals surface area contributed by atoms with Gasteiger partial charge in [-0.2, -0.15) is 0 Å².